The maximum absolute atomic E-state index is 4.86. The maximum atomic E-state index is 4.86. The topological polar surface area (TPSA) is 77.3 Å². The number of hydrogen-bond donors (Lipinski definition) is 0. The summed E-state index contributed by atoms with van der Waals surface area (Å²) in [5.74, 6) is 0. The van der Waals surface area contributed by atoms with Crippen LogP contribution in [0, 0.1) is 0 Å². The highest BCUT2D eigenvalue weighted by Gasteiger charge is 2.20. The van der Waals surface area contributed by atoms with Gasteiger partial charge in [0, 0.05) is 62.0 Å². The zero-order valence-corrected chi connectivity index (χ0v) is 19.2. The van der Waals surface area contributed by atoms with Crippen molar-refractivity contribution >= 4 is 54.1 Å². The van der Waals surface area contributed by atoms with Crippen LogP contribution in [-0.2, 0) is 0 Å². The van der Waals surface area contributed by atoms with E-state index in [2.05, 4.69) is 44.2 Å². The first kappa shape index (κ1) is 19.3. The molecule has 0 aromatic carbocycles. The van der Waals surface area contributed by atoms with Gasteiger partial charge in [0.2, 0.25) is 0 Å². The summed E-state index contributed by atoms with van der Waals surface area (Å²) in [5, 5.41) is 1.11. The summed E-state index contributed by atoms with van der Waals surface area (Å²) in [7, 11) is 0. The minimum Gasteiger partial charge on any atom is -0.264 e. The zero-order chi connectivity index (χ0) is 22.5. The molecular formula is C26H14N6S2. The van der Waals surface area contributed by atoms with Crippen LogP contribution in [0.3, 0.4) is 0 Å². The van der Waals surface area contributed by atoms with Gasteiger partial charge in [-0.2, -0.15) is 0 Å². The molecule has 0 aliphatic heterocycles. The molecule has 7 aromatic rings. The number of thiophene rings is 2. The van der Waals surface area contributed by atoms with Crippen molar-refractivity contribution in [1.82, 2.24) is 29.9 Å². The van der Waals surface area contributed by atoms with Crippen LogP contribution in [0.25, 0.3) is 63.7 Å². The summed E-state index contributed by atoms with van der Waals surface area (Å²) in [6, 6.07) is 16.3. The number of aromatic nitrogens is 6. The highest BCUT2D eigenvalue weighted by Crippen LogP contribution is 2.45. The highest BCUT2D eigenvalue weighted by molar-refractivity contribution is 7.23. The fourth-order valence-electron chi connectivity index (χ4n) is 4.09. The first-order valence-electron chi connectivity index (χ1n) is 10.6. The molecule has 0 N–H and O–H groups in total. The predicted octanol–water partition coefficient (Wildman–Crippen LogP) is 6.64. The summed E-state index contributed by atoms with van der Waals surface area (Å²) < 4.78 is 2.33. The highest BCUT2D eigenvalue weighted by atomic mass is 32.1. The Morgan fingerprint density at radius 1 is 0.647 bits per heavy atom. The van der Waals surface area contributed by atoms with Crippen LogP contribution in [0.2, 0.25) is 0 Å². The van der Waals surface area contributed by atoms with Crippen molar-refractivity contribution in [1.29, 1.82) is 0 Å². The van der Waals surface area contributed by atoms with Crippen molar-refractivity contribution < 1.29 is 0 Å². The molecule has 0 saturated carbocycles. The van der Waals surface area contributed by atoms with Gasteiger partial charge < -0.3 is 0 Å². The Labute approximate surface area is 201 Å². The minimum absolute atomic E-state index is 0.618. The van der Waals surface area contributed by atoms with Crippen LogP contribution in [-0.4, -0.2) is 29.9 Å². The summed E-state index contributed by atoms with van der Waals surface area (Å²) in [4.78, 5) is 29.6. The molecule has 8 heteroatoms. The van der Waals surface area contributed by atoms with Gasteiger partial charge in [0.15, 0.2) is 5.65 Å². The standard InChI is InChI=1S/C26H14N6S2/c1-3-17-26(30-8-1)31-14-19(32-17)25-24(23-11-15-13-27-9-6-20(15)33-23)16(5-10-29-25)22-12-18-21(34-22)4-2-7-28-18/h1-14H. The van der Waals surface area contributed by atoms with Crippen molar-refractivity contribution in [3.8, 4) is 32.3 Å². The lowest BCUT2D eigenvalue weighted by Crippen LogP contribution is -1.96. The lowest BCUT2D eigenvalue weighted by atomic mass is 10.0. The minimum atomic E-state index is 0.618. The second-order valence-electron chi connectivity index (χ2n) is 7.71. The van der Waals surface area contributed by atoms with Crippen molar-refractivity contribution in [2.45, 2.75) is 0 Å². The smallest absolute Gasteiger partial charge is 0.178 e. The van der Waals surface area contributed by atoms with Gasteiger partial charge in [0.1, 0.15) is 11.2 Å². The fraction of sp³-hybridized carbons (Fsp3) is 0. The van der Waals surface area contributed by atoms with E-state index in [9.17, 15) is 0 Å². The van der Waals surface area contributed by atoms with E-state index in [1.54, 1.807) is 35.1 Å². The Balaban J connectivity index is 1.53. The third-order valence-corrected chi connectivity index (χ3v) is 7.88. The monoisotopic (exact) mass is 474 g/mol. The molecule has 0 radical (unpaired) electrons. The van der Waals surface area contributed by atoms with Gasteiger partial charge in [-0.25, -0.2) is 15.0 Å². The first-order valence-corrected chi connectivity index (χ1v) is 12.2. The van der Waals surface area contributed by atoms with E-state index in [4.69, 9.17) is 9.97 Å². The summed E-state index contributed by atoms with van der Waals surface area (Å²) >= 11 is 3.46. The molecule has 0 fully saturated rings. The number of hydrogen-bond acceptors (Lipinski definition) is 8. The molecule has 0 atom stereocenters. The SMILES string of the molecule is c1cnc2ncc(-c3nccc(-c4cc5ncccc5s4)c3-c3cc4cnccc4s3)nc2c1. The summed E-state index contributed by atoms with van der Waals surface area (Å²) in [6.07, 6.45) is 10.9. The molecule has 0 spiro atoms. The van der Waals surface area contributed by atoms with E-state index in [1.165, 1.54) is 4.70 Å². The molecule has 0 bridgehead atoms. The molecule has 7 aromatic heterocycles. The van der Waals surface area contributed by atoms with E-state index in [1.807, 2.05) is 49.1 Å². The Hall–Kier alpha value is -4.14. The number of nitrogens with zero attached hydrogens (tertiary/aromatic N) is 6. The van der Waals surface area contributed by atoms with Crippen LogP contribution >= 0.6 is 22.7 Å². The van der Waals surface area contributed by atoms with Crippen LogP contribution in [0.5, 0.6) is 0 Å². The third kappa shape index (κ3) is 3.15. The normalized spacial score (nSPS) is 11.5. The van der Waals surface area contributed by atoms with E-state index in [0.29, 0.717) is 11.3 Å². The summed E-state index contributed by atoms with van der Waals surface area (Å²) in [5.41, 5.74) is 5.99. The second-order valence-corrected chi connectivity index (χ2v) is 9.87. The van der Waals surface area contributed by atoms with Crippen molar-refractivity contribution in [2.75, 3.05) is 0 Å². The summed E-state index contributed by atoms with van der Waals surface area (Å²) in [6.45, 7) is 0. The van der Waals surface area contributed by atoms with Crippen molar-refractivity contribution in [3.05, 3.63) is 85.7 Å². The van der Waals surface area contributed by atoms with Crippen molar-refractivity contribution in [3.63, 3.8) is 0 Å². The fourth-order valence-corrected chi connectivity index (χ4v) is 6.23. The molecule has 0 aliphatic rings. The number of pyridine rings is 4. The van der Waals surface area contributed by atoms with Gasteiger partial charge in [0.25, 0.3) is 0 Å². The van der Waals surface area contributed by atoms with E-state index in [-0.39, 0.29) is 0 Å². The Kier molecular flexibility index (Phi) is 4.39. The van der Waals surface area contributed by atoms with E-state index in [0.717, 1.165) is 47.7 Å². The number of fused-ring (bicyclic) bond motifs is 3. The van der Waals surface area contributed by atoms with Crippen LogP contribution < -0.4 is 0 Å². The lowest BCUT2D eigenvalue weighted by molar-refractivity contribution is 1.20. The molecule has 0 saturated heterocycles. The van der Waals surface area contributed by atoms with Crippen LogP contribution in [0.15, 0.2) is 85.7 Å². The maximum Gasteiger partial charge on any atom is 0.178 e. The molecule has 6 nitrogen and oxygen atoms in total. The van der Waals surface area contributed by atoms with Gasteiger partial charge in [-0.3, -0.25) is 15.0 Å². The van der Waals surface area contributed by atoms with Gasteiger partial charge in [-0.1, -0.05) is 0 Å². The van der Waals surface area contributed by atoms with Crippen LogP contribution in [0.1, 0.15) is 0 Å². The Morgan fingerprint density at radius 3 is 2.50 bits per heavy atom. The average molecular weight is 475 g/mol. The van der Waals surface area contributed by atoms with Gasteiger partial charge in [-0.05, 0) is 48.5 Å². The van der Waals surface area contributed by atoms with E-state index >= 15 is 0 Å². The van der Waals surface area contributed by atoms with Gasteiger partial charge in [-0.15, -0.1) is 22.7 Å². The average Bonchev–Trinajstić information content (AvgIpc) is 3.52. The Bertz CT molecular complexity index is 1770. The molecule has 160 valence electrons. The molecular weight excluding hydrogens is 460 g/mol. The zero-order valence-electron chi connectivity index (χ0n) is 17.6. The Morgan fingerprint density at radius 2 is 1.56 bits per heavy atom. The van der Waals surface area contributed by atoms with Gasteiger partial charge >= 0.3 is 0 Å². The number of rotatable bonds is 3. The molecule has 0 amide bonds. The van der Waals surface area contributed by atoms with Crippen LogP contribution in [0.4, 0.5) is 0 Å². The molecule has 0 unspecified atom stereocenters. The molecule has 7 rings (SSSR count). The van der Waals surface area contributed by atoms with E-state index < -0.39 is 0 Å². The molecule has 0 aliphatic carbocycles. The lowest BCUT2D eigenvalue weighted by Gasteiger charge is -2.12. The van der Waals surface area contributed by atoms with Gasteiger partial charge in [0.05, 0.1) is 22.1 Å². The molecule has 7 heterocycles. The quantitative estimate of drug-likeness (QED) is 0.286. The first-order chi connectivity index (χ1) is 16.8. The molecule has 34 heavy (non-hydrogen) atoms. The van der Waals surface area contributed by atoms with Crippen molar-refractivity contribution in [2.24, 2.45) is 0 Å². The second kappa shape index (κ2) is 7.72. The predicted molar refractivity (Wildman–Crippen MR) is 138 cm³/mol. The third-order valence-electron chi connectivity index (χ3n) is 5.63. The largest absolute Gasteiger partial charge is 0.264 e.